The molecular weight excluding hydrogens is 440 g/mol. The number of hydrogen-bond acceptors (Lipinski definition) is 5. The molecule has 4 rings (SSSR count). The summed E-state index contributed by atoms with van der Waals surface area (Å²) in [6.45, 7) is 4.31. The average Bonchev–Trinajstić information content (AvgIpc) is 3.16. The molecule has 7 nitrogen and oxygen atoms in total. The molecule has 0 saturated carbocycles. The minimum absolute atomic E-state index is 0.0824. The third-order valence-corrected chi connectivity index (χ3v) is 6.73. The van der Waals surface area contributed by atoms with Gasteiger partial charge >= 0.3 is 0 Å². The van der Waals surface area contributed by atoms with Gasteiger partial charge in [0.15, 0.2) is 0 Å². The number of imidazole rings is 1. The van der Waals surface area contributed by atoms with Crippen molar-refractivity contribution in [2.75, 3.05) is 32.5 Å². The molecule has 1 aliphatic rings. The number of halogens is 1. The molecule has 1 aliphatic heterocycles. The molecular formula is C25H31ClN4O3. The van der Waals surface area contributed by atoms with E-state index in [1.807, 2.05) is 18.2 Å². The first-order chi connectivity index (χ1) is 15.9. The topological polar surface area (TPSA) is 93.6 Å². The van der Waals surface area contributed by atoms with Crippen LogP contribution in [0.3, 0.4) is 0 Å². The number of piperidine rings is 1. The van der Waals surface area contributed by atoms with Crippen LogP contribution in [0.1, 0.15) is 47.9 Å². The number of aryl methyl sites for hydroxylation is 2. The van der Waals surface area contributed by atoms with E-state index in [0.29, 0.717) is 55.4 Å². The fourth-order valence-electron chi connectivity index (χ4n) is 4.68. The van der Waals surface area contributed by atoms with E-state index in [9.17, 15) is 9.90 Å². The molecule has 0 bridgehead atoms. The third-order valence-electron chi connectivity index (χ3n) is 6.48. The highest BCUT2D eigenvalue weighted by molar-refractivity contribution is 6.30. The lowest BCUT2D eigenvalue weighted by Crippen LogP contribution is -2.45. The van der Waals surface area contributed by atoms with Crippen LogP contribution in [0, 0.1) is 0 Å². The van der Waals surface area contributed by atoms with Crippen molar-refractivity contribution in [2.24, 2.45) is 0 Å². The van der Waals surface area contributed by atoms with Gasteiger partial charge in [-0.15, -0.1) is 0 Å². The minimum Gasteiger partial charge on any atom is -0.399 e. The van der Waals surface area contributed by atoms with E-state index >= 15 is 0 Å². The van der Waals surface area contributed by atoms with E-state index in [1.54, 1.807) is 30.2 Å². The quantitative estimate of drug-likeness (QED) is 0.402. The van der Waals surface area contributed by atoms with Gasteiger partial charge in [-0.2, -0.15) is 0 Å². The highest BCUT2D eigenvalue weighted by atomic mass is 35.5. The molecule has 176 valence electrons. The number of hydrogen-bond donors (Lipinski definition) is 2. The molecule has 3 aromatic rings. The number of aliphatic hydroxyl groups is 1. The normalized spacial score (nSPS) is 15.8. The Morgan fingerprint density at radius 1 is 1.24 bits per heavy atom. The molecule has 0 spiro atoms. The van der Waals surface area contributed by atoms with Crippen LogP contribution in [0.4, 0.5) is 5.69 Å². The van der Waals surface area contributed by atoms with Crippen molar-refractivity contribution in [1.29, 1.82) is 0 Å². The summed E-state index contributed by atoms with van der Waals surface area (Å²) in [6, 6.07) is 10.8. The summed E-state index contributed by atoms with van der Waals surface area (Å²) < 4.78 is 7.34. The van der Waals surface area contributed by atoms with Gasteiger partial charge in [0.25, 0.3) is 5.91 Å². The lowest BCUT2D eigenvalue weighted by Gasteiger charge is -2.38. The van der Waals surface area contributed by atoms with Crippen LogP contribution in [0.5, 0.6) is 0 Å². The molecule has 2 heterocycles. The molecule has 0 radical (unpaired) electrons. The molecule has 1 fully saturated rings. The van der Waals surface area contributed by atoms with Crippen LogP contribution >= 0.6 is 11.6 Å². The number of ether oxygens (including phenoxy) is 1. The van der Waals surface area contributed by atoms with E-state index in [2.05, 4.69) is 11.5 Å². The van der Waals surface area contributed by atoms with Gasteiger partial charge in [-0.05, 0) is 49.1 Å². The van der Waals surface area contributed by atoms with Gasteiger partial charge in [0, 0.05) is 50.5 Å². The zero-order valence-corrected chi connectivity index (χ0v) is 19.9. The first-order valence-electron chi connectivity index (χ1n) is 11.4. The van der Waals surface area contributed by atoms with Crippen LogP contribution < -0.4 is 5.73 Å². The van der Waals surface area contributed by atoms with Crippen molar-refractivity contribution in [3.05, 3.63) is 58.4 Å². The number of fused-ring (bicyclic) bond motifs is 1. The molecule has 1 amide bonds. The maximum absolute atomic E-state index is 13.6. The number of likely N-dealkylation sites (tertiary alicyclic amines) is 1. The third kappa shape index (κ3) is 4.71. The minimum atomic E-state index is -0.969. The zero-order chi connectivity index (χ0) is 23.6. The second-order valence-electron chi connectivity index (χ2n) is 8.65. The van der Waals surface area contributed by atoms with Gasteiger partial charge in [0.2, 0.25) is 0 Å². The van der Waals surface area contributed by atoms with Gasteiger partial charge in [-0.1, -0.05) is 30.7 Å². The van der Waals surface area contributed by atoms with Crippen molar-refractivity contribution in [2.45, 2.75) is 44.8 Å². The Balaban J connectivity index is 1.61. The number of benzene rings is 2. The Labute approximate surface area is 199 Å². The van der Waals surface area contributed by atoms with Crippen LogP contribution in [0.2, 0.25) is 5.02 Å². The van der Waals surface area contributed by atoms with E-state index in [1.165, 1.54) is 0 Å². The Hall–Kier alpha value is -2.61. The SMILES string of the molecule is CCc1nc2cc(N)cc(C(=O)N3CCC(O)(c4ccc(Cl)cc4)CC3)c2n1CCCOC. The molecule has 3 N–H and O–H groups in total. The highest BCUT2D eigenvalue weighted by Crippen LogP contribution is 2.35. The highest BCUT2D eigenvalue weighted by Gasteiger charge is 2.36. The molecule has 0 unspecified atom stereocenters. The molecule has 33 heavy (non-hydrogen) atoms. The van der Waals surface area contributed by atoms with E-state index < -0.39 is 5.60 Å². The smallest absolute Gasteiger partial charge is 0.256 e. The van der Waals surface area contributed by atoms with E-state index in [-0.39, 0.29) is 5.91 Å². The van der Waals surface area contributed by atoms with Gasteiger partial charge in [0.05, 0.1) is 22.2 Å². The molecule has 1 saturated heterocycles. The molecule has 2 aromatic carbocycles. The maximum Gasteiger partial charge on any atom is 0.256 e. The summed E-state index contributed by atoms with van der Waals surface area (Å²) in [5, 5.41) is 11.8. The average molecular weight is 471 g/mol. The Bertz CT molecular complexity index is 1130. The summed E-state index contributed by atoms with van der Waals surface area (Å²) >= 11 is 6.00. The molecule has 1 aromatic heterocycles. The zero-order valence-electron chi connectivity index (χ0n) is 19.2. The lowest BCUT2D eigenvalue weighted by molar-refractivity contribution is -0.0211. The van der Waals surface area contributed by atoms with E-state index in [0.717, 1.165) is 35.3 Å². The summed E-state index contributed by atoms with van der Waals surface area (Å²) in [6.07, 6.45) is 2.50. The van der Waals surface area contributed by atoms with Crippen molar-refractivity contribution >= 4 is 34.2 Å². The largest absolute Gasteiger partial charge is 0.399 e. The summed E-state index contributed by atoms with van der Waals surface area (Å²) in [4.78, 5) is 20.2. The van der Waals surface area contributed by atoms with Crippen LogP contribution in [-0.4, -0.2) is 52.3 Å². The molecule has 0 atom stereocenters. The fraction of sp³-hybridized carbons (Fsp3) is 0.440. The predicted octanol–water partition coefficient (Wildman–Crippen LogP) is 3.99. The summed E-state index contributed by atoms with van der Waals surface area (Å²) in [5.41, 5.74) is 8.65. The first-order valence-corrected chi connectivity index (χ1v) is 11.8. The fourth-order valence-corrected chi connectivity index (χ4v) is 4.80. The second kappa shape index (κ2) is 9.71. The number of carbonyl (C=O) groups is 1. The van der Waals surface area contributed by atoms with Gasteiger partial charge in [-0.3, -0.25) is 4.79 Å². The van der Waals surface area contributed by atoms with Crippen LogP contribution in [-0.2, 0) is 23.3 Å². The summed E-state index contributed by atoms with van der Waals surface area (Å²) in [7, 11) is 1.68. The number of aromatic nitrogens is 2. The standard InChI is InChI=1S/C25H31ClN4O3/c1-3-22-28-21-16-19(27)15-20(23(21)30(22)11-4-14-33-2)24(31)29-12-9-25(32,10-13-29)17-5-7-18(26)8-6-17/h5-8,15-16,32H,3-4,9-14,27H2,1-2H3. The van der Waals surface area contributed by atoms with Crippen molar-refractivity contribution < 1.29 is 14.6 Å². The maximum atomic E-state index is 13.6. The predicted molar refractivity (Wildman–Crippen MR) is 131 cm³/mol. The molecule has 0 aliphatic carbocycles. The number of rotatable bonds is 7. The van der Waals surface area contributed by atoms with Gasteiger partial charge in [0.1, 0.15) is 5.82 Å². The van der Waals surface area contributed by atoms with Crippen LogP contribution in [0.15, 0.2) is 36.4 Å². The van der Waals surface area contributed by atoms with Crippen molar-refractivity contribution in [3.8, 4) is 0 Å². The Morgan fingerprint density at radius 2 is 1.94 bits per heavy atom. The van der Waals surface area contributed by atoms with Crippen molar-refractivity contribution in [1.82, 2.24) is 14.5 Å². The second-order valence-corrected chi connectivity index (χ2v) is 9.08. The van der Waals surface area contributed by atoms with E-state index in [4.69, 9.17) is 27.1 Å². The lowest BCUT2D eigenvalue weighted by atomic mass is 9.84. The number of amides is 1. The number of methoxy groups -OCH3 is 1. The number of anilines is 1. The number of nitrogens with two attached hydrogens (primary N) is 1. The number of nitrogen functional groups attached to an aromatic ring is 1. The molecule has 8 heteroatoms. The Morgan fingerprint density at radius 3 is 2.58 bits per heavy atom. The number of nitrogens with zero attached hydrogens (tertiary/aromatic N) is 3. The van der Waals surface area contributed by atoms with Crippen molar-refractivity contribution in [3.63, 3.8) is 0 Å². The van der Waals surface area contributed by atoms with Crippen LogP contribution in [0.25, 0.3) is 11.0 Å². The monoisotopic (exact) mass is 470 g/mol. The van der Waals surface area contributed by atoms with Gasteiger partial charge in [-0.25, -0.2) is 4.98 Å². The van der Waals surface area contributed by atoms with Gasteiger partial charge < -0.3 is 25.0 Å². The number of carbonyl (C=O) groups excluding carboxylic acids is 1. The summed E-state index contributed by atoms with van der Waals surface area (Å²) in [5.74, 6) is 0.845. The Kier molecular flexibility index (Phi) is 6.93. The first kappa shape index (κ1) is 23.5.